The summed E-state index contributed by atoms with van der Waals surface area (Å²) in [6.07, 6.45) is 9.98. The molecule has 0 saturated carbocycles. The molecule has 1 aliphatic carbocycles. The van der Waals surface area contributed by atoms with Crippen LogP contribution in [-0.2, 0) is 0 Å². The lowest BCUT2D eigenvalue weighted by atomic mass is 9.97. The van der Waals surface area contributed by atoms with Crippen LogP contribution < -0.4 is 10.6 Å². The Balaban J connectivity index is 1.60. The molecule has 2 N–H and O–H groups in total. The molecule has 5 heteroatoms. The predicted octanol–water partition coefficient (Wildman–Crippen LogP) is 4.51. The molecule has 1 aliphatic rings. The first-order chi connectivity index (χ1) is 12.8. The lowest BCUT2D eigenvalue weighted by molar-refractivity contribution is 0.102. The van der Waals surface area contributed by atoms with Crippen molar-refractivity contribution in [3.63, 3.8) is 0 Å². The summed E-state index contributed by atoms with van der Waals surface area (Å²) in [6, 6.07) is 12.6. The minimum Gasteiger partial charge on any atom is -0.385 e. The van der Waals surface area contributed by atoms with Gasteiger partial charge in [-0.2, -0.15) is 5.26 Å². The molecule has 1 aromatic heterocycles. The first kappa shape index (κ1) is 17.7. The Morgan fingerprint density at radius 2 is 2.12 bits per heavy atom. The third kappa shape index (κ3) is 4.70. The molecule has 5 nitrogen and oxygen atoms in total. The molecule has 0 spiro atoms. The number of aromatic nitrogens is 1. The van der Waals surface area contributed by atoms with E-state index in [1.54, 1.807) is 36.5 Å². The van der Waals surface area contributed by atoms with Crippen LogP contribution in [0.2, 0.25) is 0 Å². The van der Waals surface area contributed by atoms with Gasteiger partial charge in [0.2, 0.25) is 0 Å². The van der Waals surface area contributed by atoms with Crippen molar-refractivity contribution in [2.75, 3.05) is 17.2 Å². The summed E-state index contributed by atoms with van der Waals surface area (Å²) in [5.41, 5.74) is 3.62. The van der Waals surface area contributed by atoms with Gasteiger partial charge in [0, 0.05) is 18.4 Å². The predicted molar refractivity (Wildman–Crippen MR) is 103 cm³/mol. The molecule has 2 aromatic rings. The summed E-state index contributed by atoms with van der Waals surface area (Å²) >= 11 is 0. The van der Waals surface area contributed by atoms with Crippen molar-refractivity contribution in [1.29, 1.82) is 5.26 Å². The topological polar surface area (TPSA) is 77.8 Å². The van der Waals surface area contributed by atoms with E-state index in [1.165, 1.54) is 31.3 Å². The fourth-order valence-corrected chi connectivity index (χ4v) is 3.04. The van der Waals surface area contributed by atoms with E-state index >= 15 is 0 Å². The minimum absolute atomic E-state index is 0.319. The summed E-state index contributed by atoms with van der Waals surface area (Å²) in [7, 11) is 0. The van der Waals surface area contributed by atoms with Crippen LogP contribution >= 0.6 is 0 Å². The maximum atomic E-state index is 12.4. The molecule has 132 valence electrons. The van der Waals surface area contributed by atoms with Gasteiger partial charge >= 0.3 is 0 Å². The number of para-hydroxylation sites is 1. The zero-order valence-electron chi connectivity index (χ0n) is 14.7. The van der Waals surface area contributed by atoms with E-state index in [0.717, 1.165) is 18.7 Å². The molecule has 1 heterocycles. The van der Waals surface area contributed by atoms with Gasteiger partial charge in [0.1, 0.15) is 11.8 Å². The number of benzene rings is 1. The van der Waals surface area contributed by atoms with Crippen molar-refractivity contribution < 1.29 is 4.79 Å². The number of hydrogen-bond acceptors (Lipinski definition) is 4. The highest BCUT2D eigenvalue weighted by atomic mass is 16.1. The molecular formula is C21H22N4O. The third-order valence-electron chi connectivity index (χ3n) is 4.45. The lowest BCUT2D eigenvalue weighted by Gasteiger charge is -2.13. The van der Waals surface area contributed by atoms with E-state index in [4.69, 9.17) is 5.26 Å². The SMILES string of the molecule is N#Cc1ccccc1NC(=O)c1cc(NCCC2=CCCCC2)ccn1. The van der Waals surface area contributed by atoms with Crippen LogP contribution in [0.3, 0.4) is 0 Å². The van der Waals surface area contributed by atoms with E-state index in [1.807, 2.05) is 6.07 Å². The van der Waals surface area contributed by atoms with Gasteiger partial charge in [-0.25, -0.2) is 0 Å². The molecule has 1 amide bonds. The molecule has 0 fully saturated rings. The Labute approximate surface area is 153 Å². The van der Waals surface area contributed by atoms with Gasteiger partial charge in [-0.3, -0.25) is 9.78 Å². The second-order valence-corrected chi connectivity index (χ2v) is 6.33. The maximum absolute atomic E-state index is 12.4. The molecule has 0 radical (unpaired) electrons. The summed E-state index contributed by atoms with van der Waals surface area (Å²) in [6.45, 7) is 0.841. The maximum Gasteiger partial charge on any atom is 0.274 e. The van der Waals surface area contributed by atoms with E-state index < -0.39 is 0 Å². The average molecular weight is 346 g/mol. The second-order valence-electron chi connectivity index (χ2n) is 6.33. The highest BCUT2D eigenvalue weighted by molar-refractivity contribution is 6.04. The van der Waals surface area contributed by atoms with E-state index in [9.17, 15) is 4.79 Å². The highest BCUT2D eigenvalue weighted by Gasteiger charge is 2.11. The van der Waals surface area contributed by atoms with E-state index in [2.05, 4.69) is 27.8 Å². The number of rotatable bonds is 6. The molecule has 0 atom stereocenters. The van der Waals surface area contributed by atoms with Crippen molar-refractivity contribution in [2.24, 2.45) is 0 Å². The monoisotopic (exact) mass is 346 g/mol. The van der Waals surface area contributed by atoms with Crippen molar-refractivity contribution in [3.8, 4) is 6.07 Å². The standard InChI is InChI=1S/C21H22N4O/c22-15-17-8-4-5-9-19(17)25-21(26)20-14-18(11-13-24-20)23-12-10-16-6-2-1-3-7-16/h4-6,8-9,11,13-14H,1-3,7,10,12H2,(H,23,24)(H,25,26). The Hall–Kier alpha value is -3.13. The molecular weight excluding hydrogens is 324 g/mol. The third-order valence-corrected chi connectivity index (χ3v) is 4.45. The van der Waals surface area contributed by atoms with Crippen LogP contribution in [0, 0.1) is 11.3 Å². The number of nitrogens with one attached hydrogen (secondary N) is 2. The zero-order chi connectivity index (χ0) is 18.2. The van der Waals surface area contributed by atoms with Gasteiger partial charge in [-0.1, -0.05) is 23.8 Å². The van der Waals surface area contributed by atoms with Gasteiger partial charge in [-0.15, -0.1) is 0 Å². The molecule has 26 heavy (non-hydrogen) atoms. The number of hydrogen-bond donors (Lipinski definition) is 2. The number of anilines is 2. The molecule has 1 aromatic carbocycles. The molecule has 0 aliphatic heterocycles. The summed E-state index contributed by atoms with van der Waals surface area (Å²) in [5, 5.41) is 15.2. The van der Waals surface area contributed by atoms with Gasteiger partial charge in [-0.05, 0) is 56.4 Å². The number of pyridine rings is 1. The van der Waals surface area contributed by atoms with Gasteiger partial charge in [0.25, 0.3) is 5.91 Å². The number of nitrogens with zero attached hydrogens (tertiary/aromatic N) is 2. The van der Waals surface area contributed by atoms with Crippen LogP contribution in [0.4, 0.5) is 11.4 Å². The Morgan fingerprint density at radius 1 is 1.23 bits per heavy atom. The van der Waals surface area contributed by atoms with Crippen LogP contribution in [0.1, 0.15) is 48.2 Å². The number of carbonyl (C=O) groups excluding carboxylic acids is 1. The number of nitriles is 1. The Bertz CT molecular complexity index is 851. The first-order valence-corrected chi connectivity index (χ1v) is 8.94. The number of allylic oxidation sites excluding steroid dienone is 1. The summed E-state index contributed by atoms with van der Waals surface area (Å²) in [5.74, 6) is -0.327. The van der Waals surface area contributed by atoms with E-state index in [0.29, 0.717) is 16.9 Å². The lowest BCUT2D eigenvalue weighted by Crippen LogP contribution is -2.15. The average Bonchev–Trinajstić information content (AvgIpc) is 2.69. The zero-order valence-corrected chi connectivity index (χ0v) is 14.7. The smallest absolute Gasteiger partial charge is 0.274 e. The van der Waals surface area contributed by atoms with Crippen molar-refractivity contribution in [2.45, 2.75) is 32.1 Å². The van der Waals surface area contributed by atoms with Gasteiger partial charge < -0.3 is 10.6 Å². The van der Waals surface area contributed by atoms with Gasteiger partial charge in [0.05, 0.1) is 11.3 Å². The molecule has 0 unspecified atom stereocenters. The van der Waals surface area contributed by atoms with Crippen LogP contribution in [0.5, 0.6) is 0 Å². The first-order valence-electron chi connectivity index (χ1n) is 8.94. The van der Waals surface area contributed by atoms with E-state index in [-0.39, 0.29) is 5.91 Å². The number of amides is 1. The van der Waals surface area contributed by atoms with Gasteiger partial charge in [0.15, 0.2) is 0 Å². The fourth-order valence-electron chi connectivity index (χ4n) is 3.04. The van der Waals surface area contributed by atoms with Crippen molar-refractivity contribution in [3.05, 3.63) is 65.5 Å². The van der Waals surface area contributed by atoms with Crippen LogP contribution in [-0.4, -0.2) is 17.4 Å². The normalized spacial score (nSPS) is 13.4. The fraction of sp³-hybridized carbons (Fsp3) is 0.286. The summed E-state index contributed by atoms with van der Waals surface area (Å²) in [4.78, 5) is 16.6. The summed E-state index contributed by atoms with van der Waals surface area (Å²) < 4.78 is 0. The Morgan fingerprint density at radius 3 is 2.92 bits per heavy atom. The van der Waals surface area contributed by atoms with Crippen LogP contribution in [0.25, 0.3) is 0 Å². The largest absolute Gasteiger partial charge is 0.385 e. The Kier molecular flexibility index (Phi) is 6.00. The highest BCUT2D eigenvalue weighted by Crippen LogP contribution is 2.20. The molecule has 0 saturated heterocycles. The molecule has 3 rings (SSSR count). The van der Waals surface area contributed by atoms with Crippen LogP contribution in [0.15, 0.2) is 54.2 Å². The number of carbonyl (C=O) groups is 1. The minimum atomic E-state index is -0.327. The van der Waals surface area contributed by atoms with Crippen molar-refractivity contribution in [1.82, 2.24) is 4.98 Å². The van der Waals surface area contributed by atoms with Crippen molar-refractivity contribution >= 4 is 17.3 Å². The molecule has 0 bridgehead atoms. The quantitative estimate of drug-likeness (QED) is 0.755. The second kappa shape index (κ2) is 8.82.